The van der Waals surface area contributed by atoms with E-state index in [0.717, 1.165) is 39.3 Å². The molecule has 0 saturated carbocycles. The molecule has 0 rings (SSSR count). The number of thiocarbonyl (C=S) groups is 5. The van der Waals surface area contributed by atoms with Gasteiger partial charge in [0.05, 0.1) is 0 Å². The van der Waals surface area contributed by atoms with Gasteiger partial charge in [-0.2, -0.15) is 0 Å². The van der Waals surface area contributed by atoms with Crippen molar-refractivity contribution in [1.82, 2.24) is 24.5 Å². The molecule has 0 spiro atoms. The van der Waals surface area contributed by atoms with Gasteiger partial charge in [-0.25, -0.2) is 0 Å². The van der Waals surface area contributed by atoms with E-state index < -0.39 is 0 Å². The summed E-state index contributed by atoms with van der Waals surface area (Å²) >= 11 is 48.0. The average Bonchev–Trinajstić information content (AvgIpc) is 3.01. The van der Waals surface area contributed by atoms with Crippen molar-refractivity contribution in [3.05, 3.63) is 0 Å². The number of rotatable bonds is 18. The zero-order valence-corrected chi connectivity index (χ0v) is 58.8. The van der Waals surface area contributed by atoms with E-state index in [-0.39, 0.29) is 125 Å². The van der Waals surface area contributed by atoms with Crippen molar-refractivity contribution >= 4 is 199 Å². The minimum Gasteiger partial charge on any atom is -0.411 e. The van der Waals surface area contributed by atoms with Crippen molar-refractivity contribution in [2.24, 2.45) is 0 Å². The Morgan fingerprint density at radius 1 is 0.396 bits per heavy atom. The van der Waals surface area contributed by atoms with Gasteiger partial charge in [0.15, 0.2) is 0 Å². The second kappa shape index (κ2) is 63.4. The van der Waals surface area contributed by atoms with Crippen LogP contribution in [0.2, 0.25) is 0 Å². The molecule has 0 heterocycles. The average molecular weight is 1560 g/mol. The molecule has 0 amide bonds. The van der Waals surface area contributed by atoms with Crippen LogP contribution in [0.25, 0.3) is 0 Å². The third-order valence-corrected chi connectivity index (χ3v) is 9.40. The first-order valence-electron chi connectivity index (χ1n) is 17.1. The first-order valence-corrected chi connectivity index (χ1v) is 21.2. The number of hydrogen-bond donors (Lipinski definition) is 0. The standard InChI is InChI=1S/2C11H23NS2.C5H11NS2.2C3H7NS2.Bi.2Cd.Cu.Pb/c2*1-3-5-7-9-12(11(13)14)10-8-6-4-2;1-3-6(4-2)5(7)8;2*1-4(2)3(5)6;;;;;/h2*3-10H2,1-2H3,(H,13,14);3-4H2,1-2H3,(H,7,8);2*1-2H3,(H,5,6);;;;;/q;;;;;+3;4*+2/p-5. The van der Waals surface area contributed by atoms with E-state index in [9.17, 15) is 0 Å². The molecule has 0 fully saturated rings. The Morgan fingerprint density at radius 3 is 0.642 bits per heavy atom. The summed E-state index contributed by atoms with van der Waals surface area (Å²) in [6, 6.07) is 0. The molecule has 20 heteroatoms. The van der Waals surface area contributed by atoms with Crippen LogP contribution in [0.15, 0.2) is 0 Å². The molecule has 53 heavy (non-hydrogen) atoms. The smallest absolute Gasteiger partial charge is 0.411 e. The predicted octanol–water partition coefficient (Wildman–Crippen LogP) is 8.15. The van der Waals surface area contributed by atoms with E-state index in [1.807, 2.05) is 46.9 Å². The Bertz CT molecular complexity index is 743. The first-order chi connectivity index (χ1) is 22.4. The maximum absolute atomic E-state index is 5.06. The zero-order chi connectivity index (χ0) is 38.5. The molecular weight excluding hydrogens is 1490 g/mol. The van der Waals surface area contributed by atoms with Crippen LogP contribution < -0.4 is 0 Å². The normalized spacial score (nSPS) is 8.42. The predicted molar refractivity (Wildman–Crippen MR) is 263 cm³/mol. The fourth-order valence-corrected chi connectivity index (χ4v) is 4.53. The Labute approximate surface area is 474 Å². The molecular formula is C33H66BiCd2CuN5PbS10+6. The fraction of sp³-hybridized carbons (Fsp3) is 0.848. The molecule has 5 nitrogen and oxygen atoms in total. The van der Waals surface area contributed by atoms with Crippen LogP contribution in [0, 0.1) is 0 Å². The maximum atomic E-state index is 5.06. The molecule has 0 aromatic heterocycles. The summed E-state index contributed by atoms with van der Waals surface area (Å²) in [6.45, 7) is 19.0. The summed E-state index contributed by atoms with van der Waals surface area (Å²) in [7, 11) is 7.31. The second-order valence-electron chi connectivity index (χ2n) is 11.1. The second-order valence-corrected chi connectivity index (χ2v) is 16.3. The topological polar surface area (TPSA) is 16.2 Å². The fourth-order valence-electron chi connectivity index (χ4n) is 3.28. The van der Waals surface area contributed by atoms with Crippen LogP contribution in [0.1, 0.15) is 119 Å². The van der Waals surface area contributed by atoms with Gasteiger partial charge in [-0.15, -0.1) is 0 Å². The summed E-state index contributed by atoms with van der Waals surface area (Å²) in [6.07, 6.45) is 15.0. The zero-order valence-electron chi connectivity index (χ0n) is 34.2. The van der Waals surface area contributed by atoms with Gasteiger partial charge in [0.1, 0.15) is 0 Å². The Kier molecular flexibility index (Phi) is 97.5. The number of nitrogens with zero attached hydrogens (tertiary/aromatic N) is 5. The molecule has 0 aromatic carbocycles. The third kappa shape index (κ3) is 71.5. The van der Waals surface area contributed by atoms with E-state index in [2.05, 4.69) is 87.2 Å². The van der Waals surface area contributed by atoms with Gasteiger partial charge < -0.3 is 149 Å². The van der Waals surface area contributed by atoms with Gasteiger partial charge in [0.25, 0.3) is 0 Å². The Hall–Kier alpha value is 4.72. The first kappa shape index (κ1) is 81.5. The van der Waals surface area contributed by atoms with Crippen molar-refractivity contribution in [2.75, 3.05) is 67.5 Å². The molecule has 0 aromatic rings. The van der Waals surface area contributed by atoms with Crippen molar-refractivity contribution < 1.29 is 71.7 Å². The summed E-state index contributed by atoms with van der Waals surface area (Å²) < 4.78 is 2.90. The Balaban J connectivity index is -0.0000000556. The van der Waals surface area contributed by atoms with Crippen molar-refractivity contribution in [3.8, 4) is 0 Å². The van der Waals surface area contributed by atoms with Crippen LogP contribution >= 0.6 is 61.1 Å². The summed E-state index contributed by atoms with van der Waals surface area (Å²) in [5, 5.41) is 0. The van der Waals surface area contributed by atoms with Crippen molar-refractivity contribution in [2.45, 2.75) is 119 Å². The van der Waals surface area contributed by atoms with E-state index in [1.165, 1.54) is 77.0 Å². The van der Waals surface area contributed by atoms with Crippen molar-refractivity contribution in [3.63, 3.8) is 0 Å². The number of unbranched alkanes of at least 4 members (excludes halogenated alkanes) is 8. The van der Waals surface area contributed by atoms with Crippen LogP contribution in [-0.4, -0.2) is 167 Å². The quantitative estimate of drug-likeness (QED) is 0.0569. The number of hydrogen-bond acceptors (Lipinski definition) is 10. The minimum atomic E-state index is 0. The molecule has 301 valence electrons. The summed E-state index contributed by atoms with van der Waals surface area (Å²) in [5.74, 6) is 0. The van der Waals surface area contributed by atoms with Gasteiger partial charge in [0.2, 0.25) is 0 Å². The monoisotopic (exact) mass is 1560 g/mol. The molecule has 0 bridgehead atoms. The van der Waals surface area contributed by atoms with E-state index >= 15 is 0 Å². The van der Waals surface area contributed by atoms with Crippen LogP contribution in [0.5, 0.6) is 0 Å². The molecule has 0 unspecified atom stereocenters. The van der Waals surface area contributed by atoms with Gasteiger partial charge in [-0.05, 0) is 39.5 Å². The maximum Gasteiger partial charge on any atom is 3.00 e. The van der Waals surface area contributed by atoms with Gasteiger partial charge in [0, 0.05) is 67.5 Å². The van der Waals surface area contributed by atoms with Crippen LogP contribution in [-0.2, 0) is 135 Å². The molecule has 0 atom stereocenters. The molecule has 0 N–H and O–H groups in total. The molecule has 0 saturated heterocycles. The summed E-state index contributed by atoms with van der Waals surface area (Å²) in [4.78, 5) is 9.74. The molecule has 0 aliphatic heterocycles. The SMILES string of the molecule is CCCCCN(CCCCC)C(=S)[S-].CCCCCN(CCCCC)C(=S)[S-].CCN(CC)C(=S)[S-].CN(C)C(=S)[S-].CN(C)C(=S)[S-].[Bi+3].[Cd+2].[Cd+2].[Cu+2].[Pb+2]. The molecule has 0 aliphatic rings. The third-order valence-electron chi connectivity index (χ3n) is 6.39. The largest absolute Gasteiger partial charge is 3.00 e. The van der Waals surface area contributed by atoms with E-state index in [4.69, 9.17) is 74.5 Å². The van der Waals surface area contributed by atoms with Crippen LogP contribution in [0.4, 0.5) is 0 Å². The minimum absolute atomic E-state index is 0. The van der Waals surface area contributed by atoms with Gasteiger partial charge >= 0.3 is 125 Å². The van der Waals surface area contributed by atoms with E-state index in [0.29, 0.717) is 21.6 Å². The van der Waals surface area contributed by atoms with Crippen LogP contribution in [0.3, 0.4) is 0 Å². The molecule has 0 aliphatic carbocycles. The van der Waals surface area contributed by atoms with Gasteiger partial charge in [-0.3, -0.25) is 0 Å². The van der Waals surface area contributed by atoms with Crippen molar-refractivity contribution in [1.29, 1.82) is 0 Å². The molecule has 5 radical (unpaired) electrons. The summed E-state index contributed by atoms with van der Waals surface area (Å²) in [5.41, 5.74) is 0. The van der Waals surface area contributed by atoms with E-state index in [1.54, 1.807) is 9.80 Å². The Morgan fingerprint density at radius 2 is 0.566 bits per heavy atom. The van der Waals surface area contributed by atoms with Gasteiger partial charge in [-0.1, -0.05) is 101 Å².